The van der Waals surface area contributed by atoms with Gasteiger partial charge in [-0.15, -0.1) is 5.10 Å². The summed E-state index contributed by atoms with van der Waals surface area (Å²) in [5, 5.41) is 19.4. The molecule has 0 aliphatic heterocycles. The molecule has 22 heavy (non-hydrogen) atoms. The van der Waals surface area contributed by atoms with Crippen LogP contribution in [0, 0.1) is 5.92 Å². The van der Waals surface area contributed by atoms with E-state index in [1.54, 1.807) is 20.0 Å². The van der Waals surface area contributed by atoms with E-state index < -0.39 is 17.9 Å². The smallest absolute Gasteiger partial charge is 0.326 e. The average molecular weight is 302 g/mol. The molecular formula is C15H18N4O3. The molecule has 0 saturated heterocycles. The van der Waals surface area contributed by atoms with Gasteiger partial charge >= 0.3 is 5.97 Å². The molecule has 0 spiro atoms. The minimum absolute atomic E-state index is 0.0731. The number of carboxylic acids is 1. The molecule has 7 nitrogen and oxygen atoms in total. The van der Waals surface area contributed by atoms with Gasteiger partial charge in [0, 0.05) is 5.56 Å². The number of hydrogen-bond donors (Lipinski definition) is 2. The van der Waals surface area contributed by atoms with Crippen LogP contribution in [-0.2, 0) is 16.1 Å². The van der Waals surface area contributed by atoms with E-state index in [1.807, 2.05) is 30.3 Å². The summed E-state index contributed by atoms with van der Waals surface area (Å²) in [6.45, 7) is 3.40. The zero-order valence-electron chi connectivity index (χ0n) is 12.4. The van der Waals surface area contributed by atoms with E-state index >= 15 is 0 Å². The Balaban J connectivity index is 2.01. The fourth-order valence-electron chi connectivity index (χ4n) is 2.00. The Kier molecular flexibility index (Phi) is 4.88. The van der Waals surface area contributed by atoms with Crippen LogP contribution in [0.15, 0.2) is 36.5 Å². The summed E-state index contributed by atoms with van der Waals surface area (Å²) >= 11 is 0. The van der Waals surface area contributed by atoms with Crippen molar-refractivity contribution in [3.05, 3.63) is 36.5 Å². The molecule has 2 aromatic rings. The quantitative estimate of drug-likeness (QED) is 0.835. The number of carbonyl (C=O) groups excluding carboxylic acids is 1. The number of hydrogen-bond acceptors (Lipinski definition) is 4. The number of carboxylic acid groups (broad SMARTS) is 1. The number of carbonyl (C=O) groups is 2. The SMILES string of the molecule is CC(C)[C@H](NC(=O)Cn1cc(-c2ccccc2)nn1)C(=O)O. The highest BCUT2D eigenvalue weighted by Crippen LogP contribution is 2.14. The Morgan fingerprint density at radius 3 is 2.55 bits per heavy atom. The lowest BCUT2D eigenvalue weighted by Gasteiger charge is -2.17. The van der Waals surface area contributed by atoms with E-state index in [4.69, 9.17) is 5.11 Å². The third-order valence-electron chi connectivity index (χ3n) is 3.16. The van der Waals surface area contributed by atoms with Gasteiger partial charge in [-0.2, -0.15) is 0 Å². The van der Waals surface area contributed by atoms with Crippen molar-refractivity contribution in [3.8, 4) is 11.3 Å². The van der Waals surface area contributed by atoms with Crippen molar-refractivity contribution in [2.24, 2.45) is 5.92 Å². The van der Waals surface area contributed by atoms with Gasteiger partial charge in [0.15, 0.2) is 0 Å². The van der Waals surface area contributed by atoms with E-state index in [0.29, 0.717) is 5.69 Å². The van der Waals surface area contributed by atoms with Crippen molar-refractivity contribution in [1.29, 1.82) is 0 Å². The first-order chi connectivity index (χ1) is 10.5. The summed E-state index contributed by atoms with van der Waals surface area (Å²) in [6.07, 6.45) is 1.65. The predicted molar refractivity (Wildman–Crippen MR) is 79.9 cm³/mol. The van der Waals surface area contributed by atoms with Gasteiger partial charge in [-0.25, -0.2) is 9.48 Å². The molecular weight excluding hydrogens is 284 g/mol. The van der Waals surface area contributed by atoms with Crippen molar-refractivity contribution in [2.75, 3.05) is 0 Å². The van der Waals surface area contributed by atoms with E-state index in [-0.39, 0.29) is 12.5 Å². The number of nitrogens with zero attached hydrogens (tertiary/aromatic N) is 3. The van der Waals surface area contributed by atoms with Gasteiger partial charge in [0.05, 0.1) is 6.20 Å². The molecule has 2 rings (SSSR count). The standard InChI is InChI=1S/C15H18N4O3/c1-10(2)14(15(21)22)16-13(20)9-19-8-12(17-18-19)11-6-4-3-5-7-11/h3-8,10,14H,9H2,1-2H3,(H,16,20)(H,21,22)/t14-/m0/s1. The number of rotatable bonds is 6. The van der Waals surface area contributed by atoms with Gasteiger partial charge < -0.3 is 10.4 Å². The van der Waals surface area contributed by atoms with Crippen LogP contribution in [0.1, 0.15) is 13.8 Å². The minimum atomic E-state index is -1.05. The second kappa shape index (κ2) is 6.84. The second-order valence-electron chi connectivity index (χ2n) is 5.29. The maximum atomic E-state index is 11.9. The maximum Gasteiger partial charge on any atom is 0.326 e. The van der Waals surface area contributed by atoms with Crippen molar-refractivity contribution < 1.29 is 14.7 Å². The molecule has 1 aromatic heterocycles. The maximum absolute atomic E-state index is 11.9. The highest BCUT2D eigenvalue weighted by Gasteiger charge is 2.23. The van der Waals surface area contributed by atoms with Crippen LogP contribution < -0.4 is 5.32 Å². The van der Waals surface area contributed by atoms with Crippen LogP contribution in [0.4, 0.5) is 0 Å². The summed E-state index contributed by atoms with van der Waals surface area (Å²) in [6, 6.07) is 8.56. The zero-order chi connectivity index (χ0) is 16.1. The number of aromatic nitrogens is 3. The lowest BCUT2D eigenvalue weighted by Crippen LogP contribution is -2.45. The molecule has 0 saturated carbocycles. The van der Waals surface area contributed by atoms with Gasteiger partial charge in [-0.05, 0) is 5.92 Å². The predicted octanol–water partition coefficient (Wildman–Crippen LogP) is 1.17. The van der Waals surface area contributed by atoms with Crippen LogP contribution in [0.3, 0.4) is 0 Å². The van der Waals surface area contributed by atoms with Gasteiger partial charge in [-0.1, -0.05) is 49.4 Å². The third-order valence-corrected chi connectivity index (χ3v) is 3.16. The first-order valence-corrected chi connectivity index (χ1v) is 6.95. The van der Waals surface area contributed by atoms with Gasteiger partial charge in [0.25, 0.3) is 0 Å². The lowest BCUT2D eigenvalue weighted by atomic mass is 10.1. The summed E-state index contributed by atoms with van der Waals surface area (Å²) < 4.78 is 1.39. The lowest BCUT2D eigenvalue weighted by molar-refractivity contribution is -0.143. The highest BCUT2D eigenvalue weighted by atomic mass is 16.4. The molecule has 1 aromatic carbocycles. The van der Waals surface area contributed by atoms with Gasteiger partial charge in [0.1, 0.15) is 18.3 Å². The van der Waals surface area contributed by atoms with Crippen molar-refractivity contribution in [2.45, 2.75) is 26.4 Å². The van der Waals surface area contributed by atoms with Crippen molar-refractivity contribution in [3.63, 3.8) is 0 Å². The molecule has 0 unspecified atom stereocenters. The molecule has 0 aliphatic rings. The molecule has 7 heteroatoms. The Labute approximate surface area is 128 Å². The minimum Gasteiger partial charge on any atom is -0.480 e. The fourth-order valence-corrected chi connectivity index (χ4v) is 2.00. The molecule has 1 amide bonds. The van der Waals surface area contributed by atoms with E-state index in [0.717, 1.165) is 5.56 Å². The molecule has 2 N–H and O–H groups in total. The highest BCUT2D eigenvalue weighted by molar-refractivity contribution is 5.83. The monoisotopic (exact) mass is 302 g/mol. The van der Waals surface area contributed by atoms with Crippen molar-refractivity contribution >= 4 is 11.9 Å². The topological polar surface area (TPSA) is 97.1 Å². The van der Waals surface area contributed by atoms with Crippen LogP contribution in [0.25, 0.3) is 11.3 Å². The average Bonchev–Trinajstić information content (AvgIpc) is 2.93. The Morgan fingerprint density at radius 2 is 1.95 bits per heavy atom. The number of benzene rings is 1. The molecule has 0 radical (unpaired) electrons. The second-order valence-corrected chi connectivity index (χ2v) is 5.29. The summed E-state index contributed by atoms with van der Waals surface area (Å²) in [4.78, 5) is 23.0. The molecule has 1 atom stereocenters. The summed E-state index contributed by atoms with van der Waals surface area (Å²) in [7, 11) is 0. The number of amides is 1. The van der Waals surface area contributed by atoms with Crippen LogP contribution >= 0.6 is 0 Å². The summed E-state index contributed by atoms with van der Waals surface area (Å²) in [5.41, 5.74) is 1.56. The largest absolute Gasteiger partial charge is 0.480 e. The Hall–Kier alpha value is -2.70. The van der Waals surface area contributed by atoms with E-state index in [9.17, 15) is 9.59 Å². The van der Waals surface area contributed by atoms with Crippen LogP contribution in [0.2, 0.25) is 0 Å². The van der Waals surface area contributed by atoms with Gasteiger partial charge in [-0.3, -0.25) is 4.79 Å². The first kappa shape index (κ1) is 15.7. The van der Waals surface area contributed by atoms with Crippen molar-refractivity contribution in [1.82, 2.24) is 20.3 Å². The normalized spacial score (nSPS) is 12.1. The Morgan fingerprint density at radius 1 is 1.27 bits per heavy atom. The molecule has 1 heterocycles. The molecule has 0 fully saturated rings. The number of nitrogens with one attached hydrogen (secondary N) is 1. The third kappa shape index (κ3) is 3.91. The first-order valence-electron chi connectivity index (χ1n) is 6.95. The molecule has 116 valence electrons. The Bertz CT molecular complexity index is 652. The number of aliphatic carboxylic acids is 1. The fraction of sp³-hybridized carbons (Fsp3) is 0.333. The van der Waals surface area contributed by atoms with E-state index in [1.165, 1.54) is 4.68 Å². The molecule has 0 bridgehead atoms. The van der Waals surface area contributed by atoms with Crippen LogP contribution in [-0.4, -0.2) is 38.0 Å². The molecule has 0 aliphatic carbocycles. The van der Waals surface area contributed by atoms with Gasteiger partial charge in [0.2, 0.25) is 5.91 Å². The van der Waals surface area contributed by atoms with Crippen LogP contribution in [0.5, 0.6) is 0 Å². The zero-order valence-corrected chi connectivity index (χ0v) is 12.4. The summed E-state index contributed by atoms with van der Waals surface area (Å²) in [5.74, 6) is -1.66. The van der Waals surface area contributed by atoms with E-state index in [2.05, 4.69) is 15.6 Å².